The molecule has 1 heterocycles. The molecule has 100 valence electrons. The van der Waals surface area contributed by atoms with Gasteiger partial charge in [0.1, 0.15) is 0 Å². The summed E-state index contributed by atoms with van der Waals surface area (Å²) in [6.45, 7) is 3.13. The molecule has 1 atom stereocenters. The predicted octanol–water partition coefficient (Wildman–Crippen LogP) is 3.14. The molecule has 0 bridgehead atoms. The lowest BCUT2D eigenvalue weighted by Crippen LogP contribution is -2.11. The number of unbranched alkanes of at least 4 members (excludes halogenated alkanes) is 1. The van der Waals surface area contributed by atoms with Crippen molar-refractivity contribution < 1.29 is 14.2 Å². The van der Waals surface area contributed by atoms with Crippen molar-refractivity contribution in [2.45, 2.75) is 38.6 Å². The Morgan fingerprint density at radius 2 is 1.94 bits per heavy atom. The molecule has 1 unspecified atom stereocenters. The van der Waals surface area contributed by atoms with Crippen molar-refractivity contribution in [1.29, 1.82) is 0 Å². The topological polar surface area (TPSA) is 27.7 Å². The van der Waals surface area contributed by atoms with Crippen molar-refractivity contribution in [1.82, 2.24) is 0 Å². The largest absolute Gasteiger partial charge is 0.377 e. The molecule has 0 spiro atoms. The molecular weight excluding hydrogens is 228 g/mol. The molecule has 0 amide bonds. The van der Waals surface area contributed by atoms with E-state index in [9.17, 15) is 0 Å². The van der Waals surface area contributed by atoms with Crippen LogP contribution in [0.3, 0.4) is 0 Å². The molecule has 1 saturated heterocycles. The first-order chi connectivity index (χ1) is 8.95. The molecule has 3 heteroatoms. The zero-order valence-electron chi connectivity index (χ0n) is 10.8. The van der Waals surface area contributed by atoms with Gasteiger partial charge in [0, 0.05) is 26.2 Å². The zero-order chi connectivity index (χ0) is 12.5. The molecule has 0 aromatic heterocycles. The van der Waals surface area contributed by atoms with E-state index < -0.39 is 0 Å². The number of rotatable bonds is 8. The smallest absolute Gasteiger partial charge is 0.157 e. The fourth-order valence-electron chi connectivity index (χ4n) is 1.96. The Morgan fingerprint density at radius 1 is 1.11 bits per heavy atom. The first kappa shape index (κ1) is 13.5. The number of hydrogen-bond donors (Lipinski definition) is 0. The van der Waals surface area contributed by atoms with Crippen LogP contribution in [0, 0.1) is 0 Å². The zero-order valence-corrected chi connectivity index (χ0v) is 10.8. The van der Waals surface area contributed by atoms with Gasteiger partial charge in [-0.1, -0.05) is 30.3 Å². The van der Waals surface area contributed by atoms with Gasteiger partial charge in [-0.2, -0.15) is 0 Å². The van der Waals surface area contributed by atoms with Gasteiger partial charge in [-0.3, -0.25) is 0 Å². The highest BCUT2D eigenvalue weighted by Crippen LogP contribution is 2.13. The summed E-state index contributed by atoms with van der Waals surface area (Å²) >= 11 is 0. The van der Waals surface area contributed by atoms with E-state index >= 15 is 0 Å². The van der Waals surface area contributed by atoms with Gasteiger partial charge in [-0.15, -0.1) is 0 Å². The fourth-order valence-corrected chi connectivity index (χ4v) is 1.96. The van der Waals surface area contributed by atoms with E-state index in [2.05, 4.69) is 12.1 Å². The SMILES string of the molecule is c1ccc(COCCCCOC2CCCO2)cc1. The van der Waals surface area contributed by atoms with Crippen molar-refractivity contribution in [2.24, 2.45) is 0 Å². The summed E-state index contributed by atoms with van der Waals surface area (Å²) in [4.78, 5) is 0. The quantitative estimate of drug-likeness (QED) is 0.663. The van der Waals surface area contributed by atoms with Crippen LogP contribution in [0.5, 0.6) is 0 Å². The van der Waals surface area contributed by atoms with Crippen molar-refractivity contribution in [2.75, 3.05) is 19.8 Å². The minimum Gasteiger partial charge on any atom is -0.377 e. The summed E-state index contributed by atoms with van der Waals surface area (Å²) in [6.07, 6.45) is 4.30. The van der Waals surface area contributed by atoms with E-state index in [1.807, 2.05) is 18.2 Å². The number of benzene rings is 1. The molecule has 2 rings (SSSR count). The van der Waals surface area contributed by atoms with Crippen LogP contribution in [-0.2, 0) is 20.8 Å². The second kappa shape index (κ2) is 8.25. The monoisotopic (exact) mass is 250 g/mol. The molecule has 0 radical (unpaired) electrons. The van der Waals surface area contributed by atoms with Crippen LogP contribution < -0.4 is 0 Å². The van der Waals surface area contributed by atoms with Gasteiger partial charge in [0.15, 0.2) is 6.29 Å². The number of ether oxygens (including phenoxy) is 3. The van der Waals surface area contributed by atoms with Gasteiger partial charge >= 0.3 is 0 Å². The summed E-state index contributed by atoms with van der Waals surface area (Å²) in [5.74, 6) is 0. The van der Waals surface area contributed by atoms with Crippen LogP contribution in [-0.4, -0.2) is 26.1 Å². The van der Waals surface area contributed by atoms with Gasteiger partial charge in [-0.25, -0.2) is 0 Å². The third kappa shape index (κ3) is 5.17. The number of hydrogen-bond acceptors (Lipinski definition) is 3. The van der Waals surface area contributed by atoms with Gasteiger partial charge in [-0.05, 0) is 24.8 Å². The second-order valence-corrected chi connectivity index (χ2v) is 4.56. The van der Waals surface area contributed by atoms with E-state index in [0.29, 0.717) is 6.61 Å². The summed E-state index contributed by atoms with van der Waals surface area (Å²) in [7, 11) is 0. The highest BCUT2D eigenvalue weighted by atomic mass is 16.7. The Kier molecular flexibility index (Phi) is 6.20. The summed E-state index contributed by atoms with van der Waals surface area (Å²) in [6, 6.07) is 10.3. The fraction of sp³-hybridized carbons (Fsp3) is 0.600. The standard InChI is InChI=1S/C15H22O3/c1-2-7-14(8-3-1)13-16-10-4-5-11-17-15-9-6-12-18-15/h1-3,7-8,15H,4-6,9-13H2. The Bertz CT molecular complexity index is 307. The lowest BCUT2D eigenvalue weighted by molar-refractivity contribution is -0.112. The highest BCUT2D eigenvalue weighted by molar-refractivity contribution is 5.13. The predicted molar refractivity (Wildman–Crippen MR) is 70.3 cm³/mol. The summed E-state index contributed by atoms with van der Waals surface area (Å²) in [5, 5.41) is 0. The molecule has 0 N–H and O–H groups in total. The third-order valence-corrected chi connectivity index (χ3v) is 2.99. The van der Waals surface area contributed by atoms with Gasteiger partial charge in [0.05, 0.1) is 6.61 Å². The second-order valence-electron chi connectivity index (χ2n) is 4.56. The molecule has 0 aliphatic carbocycles. The average molecular weight is 250 g/mol. The third-order valence-electron chi connectivity index (χ3n) is 2.99. The minimum atomic E-state index is 0.0511. The average Bonchev–Trinajstić information content (AvgIpc) is 2.92. The first-order valence-corrected chi connectivity index (χ1v) is 6.80. The van der Waals surface area contributed by atoms with Crippen LogP contribution >= 0.6 is 0 Å². The molecule has 1 aromatic carbocycles. The van der Waals surface area contributed by atoms with E-state index in [1.54, 1.807) is 0 Å². The molecule has 1 aromatic rings. The van der Waals surface area contributed by atoms with E-state index in [0.717, 1.165) is 45.5 Å². The molecule has 1 fully saturated rings. The van der Waals surface area contributed by atoms with Crippen LogP contribution in [0.15, 0.2) is 30.3 Å². The van der Waals surface area contributed by atoms with Crippen LogP contribution in [0.4, 0.5) is 0 Å². The maximum absolute atomic E-state index is 5.60. The Balaban J connectivity index is 1.42. The van der Waals surface area contributed by atoms with E-state index in [-0.39, 0.29) is 6.29 Å². The molecule has 3 nitrogen and oxygen atoms in total. The Morgan fingerprint density at radius 3 is 2.72 bits per heavy atom. The van der Waals surface area contributed by atoms with Crippen LogP contribution in [0.1, 0.15) is 31.2 Å². The molecule has 18 heavy (non-hydrogen) atoms. The maximum atomic E-state index is 5.60. The van der Waals surface area contributed by atoms with Crippen LogP contribution in [0.2, 0.25) is 0 Å². The van der Waals surface area contributed by atoms with Crippen molar-refractivity contribution in [3.63, 3.8) is 0 Å². The van der Waals surface area contributed by atoms with Crippen molar-refractivity contribution >= 4 is 0 Å². The highest BCUT2D eigenvalue weighted by Gasteiger charge is 2.14. The minimum absolute atomic E-state index is 0.0511. The van der Waals surface area contributed by atoms with Crippen molar-refractivity contribution in [3.8, 4) is 0 Å². The van der Waals surface area contributed by atoms with E-state index in [1.165, 1.54) is 5.56 Å². The summed E-state index contributed by atoms with van der Waals surface area (Å²) in [5.41, 5.74) is 1.23. The lowest BCUT2D eigenvalue weighted by Gasteiger charge is -2.10. The Hall–Kier alpha value is -0.900. The first-order valence-electron chi connectivity index (χ1n) is 6.80. The summed E-state index contributed by atoms with van der Waals surface area (Å²) < 4.78 is 16.6. The maximum Gasteiger partial charge on any atom is 0.157 e. The Labute approximate surface area is 109 Å². The molecular formula is C15H22O3. The van der Waals surface area contributed by atoms with E-state index in [4.69, 9.17) is 14.2 Å². The molecule has 1 aliphatic rings. The lowest BCUT2D eigenvalue weighted by atomic mass is 10.2. The van der Waals surface area contributed by atoms with Gasteiger partial charge < -0.3 is 14.2 Å². The van der Waals surface area contributed by atoms with Crippen LogP contribution in [0.25, 0.3) is 0 Å². The van der Waals surface area contributed by atoms with Gasteiger partial charge in [0.25, 0.3) is 0 Å². The normalized spacial score (nSPS) is 19.2. The van der Waals surface area contributed by atoms with Gasteiger partial charge in [0.2, 0.25) is 0 Å². The van der Waals surface area contributed by atoms with Crippen molar-refractivity contribution in [3.05, 3.63) is 35.9 Å². The molecule has 0 saturated carbocycles. The molecule has 1 aliphatic heterocycles.